The molecule has 0 radical (unpaired) electrons. The van der Waals surface area contributed by atoms with E-state index in [4.69, 9.17) is 9.47 Å². The molecule has 2 rings (SSSR count). The van der Waals surface area contributed by atoms with Crippen molar-refractivity contribution in [2.24, 2.45) is 5.92 Å². The lowest BCUT2D eigenvalue weighted by Crippen LogP contribution is -2.34. The van der Waals surface area contributed by atoms with Crippen molar-refractivity contribution in [1.29, 1.82) is 0 Å². The number of nitro benzene ring substituents is 1. The highest BCUT2D eigenvalue weighted by Crippen LogP contribution is 2.33. The van der Waals surface area contributed by atoms with Crippen LogP contribution in [-0.4, -0.2) is 43.8 Å². The maximum Gasteiger partial charge on any atom is 0.305 e. The predicted molar refractivity (Wildman–Crippen MR) is 90.9 cm³/mol. The van der Waals surface area contributed by atoms with E-state index < -0.39 is 4.92 Å². The number of non-ortho nitro benzene ring substituents is 1. The molecule has 1 aliphatic heterocycles. The Bertz CT molecular complexity index is 601. The molecule has 0 spiro atoms. The standard InChI is InChI=1S/C17H24N2O6/c1-12(9-17(20)23-2)11-24-16-10-13(19(21)22)3-4-15(16)25-14-5-7-18-8-6-14/h3-4,10,12,14,18H,5-9,11H2,1-2H3. The number of nitrogens with one attached hydrogen (secondary N) is 1. The maximum atomic E-state index is 11.3. The van der Waals surface area contributed by atoms with Gasteiger partial charge in [-0.15, -0.1) is 0 Å². The molecule has 1 fully saturated rings. The molecule has 1 saturated heterocycles. The highest BCUT2D eigenvalue weighted by molar-refractivity contribution is 5.69. The molecule has 25 heavy (non-hydrogen) atoms. The monoisotopic (exact) mass is 352 g/mol. The SMILES string of the molecule is COC(=O)CC(C)COc1cc([N+](=O)[O-])ccc1OC1CCNCC1. The van der Waals surface area contributed by atoms with Crippen molar-refractivity contribution >= 4 is 11.7 Å². The van der Waals surface area contributed by atoms with Crippen molar-refractivity contribution in [2.75, 3.05) is 26.8 Å². The number of piperidine rings is 1. The van der Waals surface area contributed by atoms with Crippen LogP contribution in [0.25, 0.3) is 0 Å². The van der Waals surface area contributed by atoms with Gasteiger partial charge in [0.05, 0.1) is 31.1 Å². The Morgan fingerprint density at radius 1 is 1.36 bits per heavy atom. The highest BCUT2D eigenvalue weighted by Gasteiger charge is 2.20. The summed E-state index contributed by atoms with van der Waals surface area (Å²) in [4.78, 5) is 21.9. The second-order valence-electron chi connectivity index (χ2n) is 6.15. The van der Waals surface area contributed by atoms with E-state index in [0.717, 1.165) is 25.9 Å². The lowest BCUT2D eigenvalue weighted by atomic mass is 10.1. The van der Waals surface area contributed by atoms with Gasteiger partial charge >= 0.3 is 5.97 Å². The van der Waals surface area contributed by atoms with E-state index in [9.17, 15) is 14.9 Å². The summed E-state index contributed by atoms with van der Waals surface area (Å²) in [6.45, 7) is 3.84. The first-order valence-electron chi connectivity index (χ1n) is 8.35. The minimum atomic E-state index is -0.473. The fourth-order valence-electron chi connectivity index (χ4n) is 2.57. The number of esters is 1. The molecule has 1 aliphatic rings. The van der Waals surface area contributed by atoms with Crippen LogP contribution in [0.2, 0.25) is 0 Å². The largest absolute Gasteiger partial charge is 0.489 e. The summed E-state index contributed by atoms with van der Waals surface area (Å²) < 4.78 is 16.3. The second kappa shape index (κ2) is 9.22. The fraction of sp³-hybridized carbons (Fsp3) is 0.588. The molecule has 1 aromatic carbocycles. The number of carbonyl (C=O) groups excluding carboxylic acids is 1. The molecule has 1 aromatic rings. The lowest BCUT2D eigenvalue weighted by Gasteiger charge is -2.25. The molecule has 8 heteroatoms. The molecule has 8 nitrogen and oxygen atoms in total. The number of carbonyl (C=O) groups is 1. The zero-order valence-corrected chi connectivity index (χ0v) is 14.5. The van der Waals surface area contributed by atoms with E-state index in [-0.39, 0.29) is 36.7 Å². The molecule has 1 N–H and O–H groups in total. The van der Waals surface area contributed by atoms with E-state index in [1.807, 2.05) is 6.92 Å². The first-order valence-corrected chi connectivity index (χ1v) is 8.35. The summed E-state index contributed by atoms with van der Waals surface area (Å²) in [5.41, 5.74) is -0.0618. The third kappa shape index (κ3) is 5.90. The molecule has 0 amide bonds. The van der Waals surface area contributed by atoms with Gasteiger partial charge < -0.3 is 19.5 Å². The quantitative estimate of drug-likeness (QED) is 0.435. The van der Waals surface area contributed by atoms with Gasteiger partial charge in [-0.1, -0.05) is 6.92 Å². The third-order valence-electron chi connectivity index (χ3n) is 3.98. The minimum absolute atomic E-state index is 0.0533. The van der Waals surface area contributed by atoms with Crippen LogP contribution in [0.15, 0.2) is 18.2 Å². The zero-order valence-electron chi connectivity index (χ0n) is 14.5. The first kappa shape index (κ1) is 19.0. The Balaban J connectivity index is 2.07. The average Bonchev–Trinajstić information content (AvgIpc) is 2.61. The number of ether oxygens (including phenoxy) is 3. The van der Waals surface area contributed by atoms with Crippen LogP contribution in [0.5, 0.6) is 11.5 Å². The van der Waals surface area contributed by atoms with Gasteiger partial charge in [-0.3, -0.25) is 14.9 Å². The van der Waals surface area contributed by atoms with Gasteiger partial charge in [0.1, 0.15) is 6.10 Å². The van der Waals surface area contributed by atoms with Gasteiger partial charge in [-0.05, 0) is 32.0 Å². The second-order valence-corrected chi connectivity index (χ2v) is 6.15. The van der Waals surface area contributed by atoms with Crippen LogP contribution in [-0.2, 0) is 9.53 Å². The number of hydrogen-bond acceptors (Lipinski definition) is 7. The highest BCUT2D eigenvalue weighted by atomic mass is 16.6. The normalized spacial score (nSPS) is 16.1. The molecule has 1 heterocycles. The molecule has 0 aliphatic carbocycles. The molecule has 1 unspecified atom stereocenters. The van der Waals surface area contributed by atoms with E-state index in [1.54, 1.807) is 6.07 Å². The number of nitrogens with zero attached hydrogens (tertiary/aromatic N) is 1. The minimum Gasteiger partial charge on any atom is -0.489 e. The summed E-state index contributed by atoms with van der Waals surface area (Å²) in [5, 5.41) is 14.3. The predicted octanol–water partition coefficient (Wildman–Crippen LogP) is 2.30. The van der Waals surface area contributed by atoms with Gasteiger partial charge in [-0.25, -0.2) is 0 Å². The van der Waals surface area contributed by atoms with Crippen LogP contribution in [0, 0.1) is 16.0 Å². The van der Waals surface area contributed by atoms with Crippen molar-refractivity contribution in [3.63, 3.8) is 0 Å². The molecule has 138 valence electrons. The van der Waals surface area contributed by atoms with E-state index in [0.29, 0.717) is 11.5 Å². The number of hydrogen-bond donors (Lipinski definition) is 1. The van der Waals surface area contributed by atoms with Crippen LogP contribution in [0.3, 0.4) is 0 Å². The Labute approximate surface area is 146 Å². The molecule has 0 saturated carbocycles. The summed E-state index contributed by atoms with van der Waals surface area (Å²) in [6, 6.07) is 4.34. The molecular weight excluding hydrogens is 328 g/mol. The topological polar surface area (TPSA) is 99.9 Å². The maximum absolute atomic E-state index is 11.3. The Kier molecular flexibility index (Phi) is 7.00. The number of benzene rings is 1. The van der Waals surface area contributed by atoms with Crippen LogP contribution in [0.4, 0.5) is 5.69 Å². The number of methoxy groups -OCH3 is 1. The van der Waals surface area contributed by atoms with Crippen molar-refractivity contribution in [3.8, 4) is 11.5 Å². The smallest absolute Gasteiger partial charge is 0.305 e. The van der Waals surface area contributed by atoms with Gasteiger partial charge in [0.2, 0.25) is 0 Å². The number of nitro groups is 1. The Morgan fingerprint density at radius 3 is 2.72 bits per heavy atom. The molecule has 1 atom stereocenters. The molecular formula is C17H24N2O6. The summed E-state index contributed by atoms with van der Waals surface area (Å²) in [5.74, 6) is 0.409. The van der Waals surface area contributed by atoms with Crippen molar-refractivity contribution in [2.45, 2.75) is 32.3 Å². The fourth-order valence-corrected chi connectivity index (χ4v) is 2.57. The Morgan fingerprint density at radius 2 is 2.08 bits per heavy atom. The number of rotatable bonds is 8. The van der Waals surface area contributed by atoms with Gasteiger partial charge in [0.15, 0.2) is 11.5 Å². The van der Waals surface area contributed by atoms with E-state index in [1.165, 1.54) is 19.2 Å². The zero-order chi connectivity index (χ0) is 18.2. The Hall–Kier alpha value is -2.35. The van der Waals surface area contributed by atoms with Crippen LogP contribution >= 0.6 is 0 Å². The van der Waals surface area contributed by atoms with Crippen LogP contribution < -0.4 is 14.8 Å². The van der Waals surface area contributed by atoms with Crippen molar-refractivity contribution < 1.29 is 23.9 Å². The summed E-state index contributed by atoms with van der Waals surface area (Å²) in [6.07, 6.45) is 2.01. The van der Waals surface area contributed by atoms with Gasteiger partial charge in [0.25, 0.3) is 5.69 Å². The summed E-state index contributed by atoms with van der Waals surface area (Å²) >= 11 is 0. The van der Waals surface area contributed by atoms with Gasteiger partial charge in [0, 0.05) is 12.0 Å². The van der Waals surface area contributed by atoms with Crippen molar-refractivity contribution in [1.82, 2.24) is 5.32 Å². The van der Waals surface area contributed by atoms with E-state index >= 15 is 0 Å². The third-order valence-corrected chi connectivity index (χ3v) is 3.98. The van der Waals surface area contributed by atoms with Crippen molar-refractivity contribution in [3.05, 3.63) is 28.3 Å². The van der Waals surface area contributed by atoms with Gasteiger partial charge in [-0.2, -0.15) is 0 Å². The molecule has 0 bridgehead atoms. The van der Waals surface area contributed by atoms with E-state index in [2.05, 4.69) is 10.1 Å². The molecule has 0 aromatic heterocycles. The van der Waals surface area contributed by atoms with Crippen LogP contribution in [0.1, 0.15) is 26.2 Å². The first-order chi connectivity index (χ1) is 12.0. The summed E-state index contributed by atoms with van der Waals surface area (Å²) in [7, 11) is 1.33. The average molecular weight is 352 g/mol. The lowest BCUT2D eigenvalue weighted by molar-refractivity contribution is -0.385.